The Morgan fingerprint density at radius 1 is 1.26 bits per heavy atom. The van der Waals surface area contributed by atoms with Crippen LogP contribution in [0.3, 0.4) is 0 Å². The number of nitriles is 1. The molecule has 0 atom stereocenters. The van der Waals surface area contributed by atoms with Gasteiger partial charge in [0.05, 0.1) is 36.7 Å². The van der Waals surface area contributed by atoms with Crippen LogP contribution in [0.1, 0.15) is 36.9 Å². The molecule has 142 valence electrons. The van der Waals surface area contributed by atoms with Crippen LogP contribution in [0, 0.1) is 16.7 Å². The lowest BCUT2D eigenvalue weighted by Gasteiger charge is -2.34. The standard InChI is InChI=1S/C20H24N4O3/c1-26-10-11-27-13-14-2-3-16-17(22-14)18(15(12-21)19(25)23-16)24-8-6-20(4-5-20)7-9-24/h2-3H,4-11,13H2,1H3,(H,23,25). The van der Waals surface area contributed by atoms with E-state index in [9.17, 15) is 10.1 Å². The maximum atomic E-state index is 12.4. The van der Waals surface area contributed by atoms with Gasteiger partial charge < -0.3 is 19.4 Å². The minimum Gasteiger partial charge on any atom is -0.382 e. The Labute approximate surface area is 157 Å². The average molecular weight is 368 g/mol. The molecule has 1 saturated heterocycles. The van der Waals surface area contributed by atoms with E-state index >= 15 is 0 Å². The monoisotopic (exact) mass is 368 g/mol. The van der Waals surface area contributed by atoms with Crippen LogP contribution in [0.15, 0.2) is 16.9 Å². The van der Waals surface area contributed by atoms with Crippen molar-refractivity contribution in [3.63, 3.8) is 0 Å². The second kappa shape index (κ2) is 7.29. The van der Waals surface area contributed by atoms with E-state index in [4.69, 9.17) is 14.5 Å². The number of pyridine rings is 2. The summed E-state index contributed by atoms with van der Waals surface area (Å²) in [5.41, 5.74) is 3.09. The zero-order chi connectivity index (χ0) is 18.9. The summed E-state index contributed by atoms with van der Waals surface area (Å²) in [6, 6.07) is 5.78. The molecule has 1 aliphatic carbocycles. The summed E-state index contributed by atoms with van der Waals surface area (Å²) in [5, 5.41) is 9.61. The molecule has 0 aromatic carbocycles. The summed E-state index contributed by atoms with van der Waals surface area (Å²) in [5.74, 6) is 0. The van der Waals surface area contributed by atoms with Crippen molar-refractivity contribution in [3.05, 3.63) is 33.7 Å². The van der Waals surface area contributed by atoms with Gasteiger partial charge in [-0.1, -0.05) is 0 Å². The molecule has 27 heavy (non-hydrogen) atoms. The Morgan fingerprint density at radius 3 is 2.70 bits per heavy atom. The van der Waals surface area contributed by atoms with Crippen molar-refractivity contribution in [1.29, 1.82) is 5.26 Å². The highest BCUT2D eigenvalue weighted by Gasteiger charge is 2.44. The lowest BCUT2D eigenvalue weighted by Crippen LogP contribution is -2.36. The lowest BCUT2D eigenvalue weighted by molar-refractivity contribution is 0.0603. The maximum Gasteiger partial charge on any atom is 0.268 e. The van der Waals surface area contributed by atoms with E-state index in [-0.39, 0.29) is 11.1 Å². The van der Waals surface area contributed by atoms with Crippen molar-refractivity contribution in [3.8, 4) is 6.07 Å². The van der Waals surface area contributed by atoms with Crippen LogP contribution in [0.4, 0.5) is 5.69 Å². The zero-order valence-corrected chi connectivity index (χ0v) is 15.6. The number of nitrogens with zero attached hydrogens (tertiary/aromatic N) is 3. The second-order valence-electron chi connectivity index (χ2n) is 7.52. The summed E-state index contributed by atoms with van der Waals surface area (Å²) in [6.07, 6.45) is 4.85. The van der Waals surface area contributed by atoms with Crippen molar-refractivity contribution < 1.29 is 9.47 Å². The molecule has 2 aliphatic rings. The normalized spacial score (nSPS) is 18.0. The molecular weight excluding hydrogens is 344 g/mol. The van der Waals surface area contributed by atoms with Crippen molar-refractivity contribution in [2.24, 2.45) is 5.41 Å². The third-order valence-corrected chi connectivity index (χ3v) is 5.78. The number of fused-ring (bicyclic) bond motifs is 1. The summed E-state index contributed by atoms with van der Waals surface area (Å²) in [4.78, 5) is 22.1. The van der Waals surface area contributed by atoms with Gasteiger partial charge in [0.15, 0.2) is 0 Å². The minimum atomic E-state index is -0.349. The van der Waals surface area contributed by atoms with Crippen LogP contribution in [0.5, 0.6) is 0 Å². The third-order valence-electron chi connectivity index (χ3n) is 5.78. The van der Waals surface area contributed by atoms with Gasteiger partial charge in [0.1, 0.15) is 17.1 Å². The van der Waals surface area contributed by atoms with E-state index in [1.54, 1.807) is 7.11 Å². The Morgan fingerprint density at radius 2 is 2.04 bits per heavy atom. The number of ether oxygens (including phenoxy) is 2. The van der Waals surface area contributed by atoms with E-state index < -0.39 is 0 Å². The first kappa shape index (κ1) is 18.0. The largest absolute Gasteiger partial charge is 0.382 e. The van der Waals surface area contributed by atoms with Gasteiger partial charge in [-0.05, 0) is 43.2 Å². The summed E-state index contributed by atoms with van der Waals surface area (Å²) in [6.45, 7) is 3.11. The number of rotatable bonds is 6. The number of hydrogen-bond acceptors (Lipinski definition) is 6. The SMILES string of the molecule is COCCOCc1ccc2[nH]c(=O)c(C#N)c(N3CCC4(CC3)CC4)c2n1. The molecule has 2 fully saturated rings. The highest BCUT2D eigenvalue weighted by molar-refractivity contribution is 5.91. The van der Waals surface area contributed by atoms with E-state index in [1.807, 2.05) is 12.1 Å². The Balaban J connectivity index is 1.69. The molecule has 1 aliphatic heterocycles. The van der Waals surface area contributed by atoms with Gasteiger partial charge in [-0.2, -0.15) is 5.26 Å². The van der Waals surface area contributed by atoms with Crippen LogP contribution in [0.2, 0.25) is 0 Å². The van der Waals surface area contributed by atoms with Crippen LogP contribution >= 0.6 is 0 Å². The topological polar surface area (TPSA) is 91.2 Å². The zero-order valence-electron chi connectivity index (χ0n) is 15.6. The van der Waals surface area contributed by atoms with E-state index in [1.165, 1.54) is 12.8 Å². The number of nitrogens with one attached hydrogen (secondary N) is 1. The van der Waals surface area contributed by atoms with Gasteiger partial charge in [-0.3, -0.25) is 4.79 Å². The van der Waals surface area contributed by atoms with Gasteiger partial charge in [0.25, 0.3) is 5.56 Å². The fraction of sp³-hybridized carbons (Fsp3) is 0.550. The Kier molecular flexibility index (Phi) is 4.85. The van der Waals surface area contributed by atoms with Crippen LogP contribution in [0.25, 0.3) is 11.0 Å². The molecule has 0 amide bonds. The van der Waals surface area contributed by atoms with Crippen molar-refractivity contribution in [2.45, 2.75) is 32.3 Å². The highest BCUT2D eigenvalue weighted by Crippen LogP contribution is 2.54. The lowest BCUT2D eigenvalue weighted by atomic mass is 9.93. The number of aromatic amines is 1. The molecule has 7 heteroatoms. The number of anilines is 1. The van der Waals surface area contributed by atoms with Crippen molar-refractivity contribution in [1.82, 2.24) is 9.97 Å². The number of H-pyrrole nitrogens is 1. The van der Waals surface area contributed by atoms with Crippen LogP contribution in [-0.4, -0.2) is 43.4 Å². The second-order valence-corrected chi connectivity index (χ2v) is 7.52. The summed E-state index contributed by atoms with van der Waals surface area (Å²) in [7, 11) is 1.63. The molecule has 0 radical (unpaired) electrons. The Bertz CT molecular complexity index is 933. The van der Waals surface area contributed by atoms with Gasteiger partial charge in [0, 0.05) is 20.2 Å². The first-order valence-corrected chi connectivity index (χ1v) is 9.43. The summed E-state index contributed by atoms with van der Waals surface area (Å²) >= 11 is 0. The molecule has 1 saturated carbocycles. The molecular formula is C20H24N4O3. The van der Waals surface area contributed by atoms with Crippen LogP contribution < -0.4 is 10.5 Å². The smallest absolute Gasteiger partial charge is 0.268 e. The molecule has 1 spiro atoms. The highest BCUT2D eigenvalue weighted by atomic mass is 16.5. The average Bonchev–Trinajstić information content (AvgIpc) is 3.44. The Hall–Kier alpha value is -2.43. The van der Waals surface area contributed by atoms with E-state index in [0.717, 1.165) is 31.6 Å². The predicted molar refractivity (Wildman–Crippen MR) is 102 cm³/mol. The quantitative estimate of drug-likeness (QED) is 0.787. The number of piperidine rings is 1. The van der Waals surface area contributed by atoms with Crippen molar-refractivity contribution in [2.75, 3.05) is 38.3 Å². The molecule has 7 nitrogen and oxygen atoms in total. The van der Waals surface area contributed by atoms with Gasteiger partial charge in [-0.25, -0.2) is 4.98 Å². The first-order chi connectivity index (χ1) is 13.2. The number of aromatic nitrogens is 2. The molecule has 4 rings (SSSR count). The van der Waals surface area contributed by atoms with Crippen molar-refractivity contribution >= 4 is 16.7 Å². The molecule has 2 aromatic rings. The fourth-order valence-corrected chi connectivity index (χ4v) is 3.88. The van der Waals surface area contributed by atoms with E-state index in [0.29, 0.717) is 42.0 Å². The fourth-order valence-electron chi connectivity index (χ4n) is 3.88. The molecule has 1 N–H and O–H groups in total. The predicted octanol–water partition coefficient (Wildman–Crippen LogP) is 2.34. The number of hydrogen-bond donors (Lipinski definition) is 1. The van der Waals surface area contributed by atoms with E-state index in [2.05, 4.69) is 16.0 Å². The molecule has 3 heterocycles. The minimum absolute atomic E-state index is 0.152. The summed E-state index contributed by atoms with van der Waals surface area (Å²) < 4.78 is 10.6. The third kappa shape index (κ3) is 3.55. The van der Waals surface area contributed by atoms with Gasteiger partial charge in [0.2, 0.25) is 0 Å². The van der Waals surface area contributed by atoms with Gasteiger partial charge >= 0.3 is 0 Å². The van der Waals surface area contributed by atoms with Crippen LogP contribution in [-0.2, 0) is 16.1 Å². The molecule has 0 bridgehead atoms. The molecule has 2 aromatic heterocycles. The maximum absolute atomic E-state index is 12.4. The molecule has 0 unspecified atom stereocenters. The number of methoxy groups -OCH3 is 1. The van der Waals surface area contributed by atoms with Gasteiger partial charge in [-0.15, -0.1) is 0 Å². The first-order valence-electron chi connectivity index (χ1n) is 9.43.